The minimum Gasteiger partial charge on any atom is -0.368 e. The number of benzene rings is 1. The highest BCUT2D eigenvalue weighted by Crippen LogP contribution is 2.24. The number of aromatic amines is 1. The lowest BCUT2D eigenvalue weighted by atomic mass is 10.0. The van der Waals surface area contributed by atoms with Gasteiger partial charge in [-0.2, -0.15) is 5.10 Å². The van der Waals surface area contributed by atoms with Crippen LogP contribution in [-0.4, -0.2) is 45.7 Å². The first-order valence-electron chi connectivity index (χ1n) is 10.2. The summed E-state index contributed by atoms with van der Waals surface area (Å²) in [6.45, 7) is 3.33. The molecule has 1 atom stereocenters. The first-order chi connectivity index (χ1) is 14.6. The van der Waals surface area contributed by atoms with Crippen molar-refractivity contribution in [2.45, 2.75) is 32.3 Å². The van der Waals surface area contributed by atoms with E-state index in [2.05, 4.69) is 10.2 Å². The molecule has 2 aromatic heterocycles. The van der Waals surface area contributed by atoms with Crippen molar-refractivity contribution in [2.75, 3.05) is 19.7 Å². The molecule has 0 radical (unpaired) electrons. The number of nitrogens with one attached hydrogen (secondary N) is 1. The van der Waals surface area contributed by atoms with Gasteiger partial charge in [-0.25, -0.2) is 9.37 Å². The predicted octanol–water partition coefficient (Wildman–Crippen LogP) is 3.84. The van der Waals surface area contributed by atoms with Crippen LogP contribution in [0, 0.1) is 12.7 Å². The van der Waals surface area contributed by atoms with Crippen LogP contribution in [0.1, 0.15) is 35.8 Å². The number of rotatable bonds is 6. The summed E-state index contributed by atoms with van der Waals surface area (Å²) >= 11 is 0. The summed E-state index contributed by atoms with van der Waals surface area (Å²) in [5, 5.41) is 6.76. The zero-order valence-corrected chi connectivity index (χ0v) is 17.0. The van der Waals surface area contributed by atoms with Crippen LogP contribution in [0.15, 0.2) is 48.8 Å². The smallest absolute Gasteiger partial charge is 0.222 e. The number of hydrogen-bond donors (Lipinski definition) is 1. The summed E-state index contributed by atoms with van der Waals surface area (Å²) < 4.78 is 19.3. The molecule has 1 aliphatic rings. The fraction of sp³-hybridized carbons (Fsp3) is 0.348. The number of nitrogens with zero attached hydrogens (tertiary/aromatic N) is 3. The second-order valence-corrected chi connectivity index (χ2v) is 7.57. The second-order valence-electron chi connectivity index (χ2n) is 7.57. The largest absolute Gasteiger partial charge is 0.368 e. The predicted molar refractivity (Wildman–Crippen MR) is 111 cm³/mol. The Kier molecular flexibility index (Phi) is 6.18. The second kappa shape index (κ2) is 9.17. The number of aryl methyl sites for hydroxylation is 2. The van der Waals surface area contributed by atoms with Crippen molar-refractivity contribution < 1.29 is 13.9 Å². The molecule has 1 aromatic carbocycles. The molecule has 1 N–H and O–H groups in total. The summed E-state index contributed by atoms with van der Waals surface area (Å²) in [5.74, 6) is -0.0762. The quantitative estimate of drug-likeness (QED) is 0.673. The first kappa shape index (κ1) is 20.2. The molecular formula is C23H25FN4O2. The lowest BCUT2D eigenvalue weighted by Crippen LogP contribution is -2.42. The Balaban J connectivity index is 1.34. The molecule has 0 saturated carbocycles. The number of ether oxygens (including phenoxy) is 1. The third-order valence-electron chi connectivity index (χ3n) is 5.39. The molecule has 30 heavy (non-hydrogen) atoms. The van der Waals surface area contributed by atoms with E-state index in [4.69, 9.17) is 9.72 Å². The summed E-state index contributed by atoms with van der Waals surface area (Å²) in [4.78, 5) is 19.3. The number of amides is 1. The average molecular weight is 408 g/mol. The maximum Gasteiger partial charge on any atom is 0.222 e. The van der Waals surface area contributed by atoms with Crippen molar-refractivity contribution in [3.05, 3.63) is 71.4 Å². The number of aromatic nitrogens is 3. The molecule has 7 heteroatoms. The molecule has 0 bridgehead atoms. The lowest BCUT2D eigenvalue weighted by molar-refractivity contribution is -0.139. The Morgan fingerprint density at radius 1 is 1.33 bits per heavy atom. The van der Waals surface area contributed by atoms with E-state index in [1.54, 1.807) is 25.4 Å². The van der Waals surface area contributed by atoms with Gasteiger partial charge in [0, 0.05) is 24.7 Å². The highest BCUT2D eigenvalue weighted by Gasteiger charge is 2.26. The number of H-pyrrole nitrogens is 1. The van der Waals surface area contributed by atoms with E-state index in [1.165, 1.54) is 6.07 Å². The standard InChI is InChI=1S/C23H25FN4O2/c1-16-12-17(8-9-19(16)24)4-2-7-23(29)28-10-11-30-22(15-28)21-6-3-5-20(27-21)18-13-25-26-14-18/h3,5-6,8-9,12-14,22H,2,4,7,10-11,15H2,1H3,(H,25,26)/t22-/m0/s1. The van der Waals surface area contributed by atoms with Crippen LogP contribution in [0.2, 0.25) is 0 Å². The van der Waals surface area contributed by atoms with Crippen LogP contribution >= 0.6 is 0 Å². The minimum atomic E-state index is -0.241. The van der Waals surface area contributed by atoms with E-state index in [0.717, 1.165) is 35.4 Å². The lowest BCUT2D eigenvalue weighted by Gasteiger charge is -2.33. The molecule has 1 aliphatic heterocycles. The summed E-state index contributed by atoms with van der Waals surface area (Å²) in [6.07, 6.45) is 5.24. The van der Waals surface area contributed by atoms with Crippen LogP contribution in [0.4, 0.5) is 4.39 Å². The Labute approximate surface area is 175 Å². The van der Waals surface area contributed by atoms with Crippen molar-refractivity contribution in [1.82, 2.24) is 20.1 Å². The van der Waals surface area contributed by atoms with Gasteiger partial charge in [0.2, 0.25) is 5.91 Å². The van der Waals surface area contributed by atoms with Gasteiger partial charge in [0.15, 0.2) is 0 Å². The van der Waals surface area contributed by atoms with Gasteiger partial charge in [0.25, 0.3) is 0 Å². The van der Waals surface area contributed by atoms with E-state index < -0.39 is 0 Å². The molecule has 6 nitrogen and oxygen atoms in total. The Morgan fingerprint density at radius 2 is 2.23 bits per heavy atom. The van der Waals surface area contributed by atoms with E-state index in [9.17, 15) is 9.18 Å². The van der Waals surface area contributed by atoms with Gasteiger partial charge in [0.1, 0.15) is 11.9 Å². The molecule has 4 rings (SSSR count). The van der Waals surface area contributed by atoms with Crippen LogP contribution < -0.4 is 0 Å². The monoisotopic (exact) mass is 408 g/mol. The van der Waals surface area contributed by atoms with E-state index in [-0.39, 0.29) is 17.8 Å². The topological polar surface area (TPSA) is 71.1 Å². The van der Waals surface area contributed by atoms with Gasteiger partial charge in [-0.3, -0.25) is 9.89 Å². The van der Waals surface area contributed by atoms with Crippen LogP contribution in [0.3, 0.4) is 0 Å². The molecule has 3 heterocycles. The third kappa shape index (κ3) is 4.74. The molecule has 1 saturated heterocycles. The molecule has 3 aromatic rings. The molecular weight excluding hydrogens is 383 g/mol. The zero-order chi connectivity index (χ0) is 20.9. The number of hydrogen-bond acceptors (Lipinski definition) is 4. The summed E-state index contributed by atoms with van der Waals surface area (Å²) in [5.41, 5.74) is 4.24. The minimum absolute atomic E-state index is 0.119. The van der Waals surface area contributed by atoms with E-state index in [0.29, 0.717) is 31.7 Å². The number of carbonyl (C=O) groups is 1. The van der Waals surface area contributed by atoms with Gasteiger partial charge in [-0.05, 0) is 49.1 Å². The fourth-order valence-electron chi connectivity index (χ4n) is 3.70. The zero-order valence-electron chi connectivity index (χ0n) is 17.0. The van der Waals surface area contributed by atoms with Crippen LogP contribution in [0.5, 0.6) is 0 Å². The fourth-order valence-corrected chi connectivity index (χ4v) is 3.70. The van der Waals surface area contributed by atoms with Gasteiger partial charge in [0.05, 0.1) is 30.7 Å². The highest BCUT2D eigenvalue weighted by molar-refractivity contribution is 5.76. The SMILES string of the molecule is Cc1cc(CCCC(=O)N2CCO[C@H](c3cccc(-c4cn[nH]c4)n3)C2)ccc1F. The average Bonchev–Trinajstić information content (AvgIpc) is 3.31. The van der Waals surface area contributed by atoms with Crippen molar-refractivity contribution in [1.29, 1.82) is 0 Å². The van der Waals surface area contributed by atoms with Crippen molar-refractivity contribution in [3.63, 3.8) is 0 Å². The molecule has 0 spiro atoms. The molecule has 0 aliphatic carbocycles. The summed E-state index contributed by atoms with van der Waals surface area (Å²) in [7, 11) is 0. The Morgan fingerprint density at radius 3 is 3.03 bits per heavy atom. The Hall–Kier alpha value is -3.06. The molecule has 156 valence electrons. The molecule has 1 fully saturated rings. The number of halogens is 1. The van der Waals surface area contributed by atoms with Crippen molar-refractivity contribution >= 4 is 5.91 Å². The van der Waals surface area contributed by atoms with Crippen LogP contribution in [0.25, 0.3) is 11.3 Å². The molecule has 0 unspecified atom stereocenters. The maximum absolute atomic E-state index is 13.4. The normalized spacial score (nSPS) is 16.6. The van der Waals surface area contributed by atoms with Gasteiger partial charge < -0.3 is 9.64 Å². The first-order valence-corrected chi connectivity index (χ1v) is 10.2. The van der Waals surface area contributed by atoms with Gasteiger partial charge in [-0.1, -0.05) is 18.2 Å². The Bertz CT molecular complexity index is 1010. The van der Waals surface area contributed by atoms with E-state index in [1.807, 2.05) is 29.2 Å². The van der Waals surface area contributed by atoms with Crippen molar-refractivity contribution in [2.24, 2.45) is 0 Å². The summed E-state index contributed by atoms with van der Waals surface area (Å²) in [6, 6.07) is 10.9. The number of morpholine rings is 1. The van der Waals surface area contributed by atoms with Gasteiger partial charge in [-0.15, -0.1) is 0 Å². The number of pyridine rings is 1. The third-order valence-corrected chi connectivity index (χ3v) is 5.39. The number of carbonyl (C=O) groups excluding carboxylic acids is 1. The molecule has 1 amide bonds. The highest BCUT2D eigenvalue weighted by atomic mass is 19.1. The van der Waals surface area contributed by atoms with Crippen molar-refractivity contribution in [3.8, 4) is 11.3 Å². The van der Waals surface area contributed by atoms with E-state index >= 15 is 0 Å². The van der Waals surface area contributed by atoms with Crippen LogP contribution in [-0.2, 0) is 16.0 Å². The maximum atomic E-state index is 13.4. The van der Waals surface area contributed by atoms with Gasteiger partial charge >= 0.3 is 0 Å².